The van der Waals surface area contributed by atoms with Gasteiger partial charge < -0.3 is 14.2 Å². The predicted molar refractivity (Wildman–Crippen MR) is 73.9 cm³/mol. The lowest BCUT2D eigenvalue weighted by Gasteiger charge is -2.06. The number of benzene rings is 2. The van der Waals surface area contributed by atoms with Crippen LogP contribution in [-0.2, 0) is 11.3 Å². The Labute approximate surface area is 117 Å². The Hall–Kier alpha value is -2.49. The molecule has 4 nitrogen and oxygen atoms in total. The molecule has 0 atom stereocenters. The van der Waals surface area contributed by atoms with E-state index >= 15 is 0 Å². The first kappa shape index (κ1) is 13.9. The van der Waals surface area contributed by atoms with Crippen molar-refractivity contribution in [3.05, 3.63) is 59.7 Å². The van der Waals surface area contributed by atoms with Gasteiger partial charge in [-0.15, -0.1) is 0 Å². The summed E-state index contributed by atoms with van der Waals surface area (Å²) in [6.45, 7) is 0.202. The highest BCUT2D eigenvalue weighted by Gasteiger charge is 2.08. The standard InChI is InChI=1S/C16H15O4/c1-18-14-8-6-12(7-9-14)11-20-16(17)13-4-3-5-15(10-13)19-2/h3,5-10H,11H2,1-2H3. The van der Waals surface area contributed by atoms with Crippen LogP contribution in [0.15, 0.2) is 42.5 Å². The molecule has 0 saturated heterocycles. The second kappa shape index (κ2) is 6.61. The van der Waals surface area contributed by atoms with E-state index in [2.05, 4.69) is 6.07 Å². The molecule has 103 valence electrons. The predicted octanol–water partition coefficient (Wildman–Crippen LogP) is 2.86. The van der Waals surface area contributed by atoms with Crippen LogP contribution in [0.25, 0.3) is 0 Å². The van der Waals surface area contributed by atoms with Gasteiger partial charge in [-0.1, -0.05) is 12.1 Å². The van der Waals surface area contributed by atoms with Crippen LogP contribution in [0.1, 0.15) is 15.9 Å². The summed E-state index contributed by atoms with van der Waals surface area (Å²) in [6.07, 6.45) is 0. The van der Waals surface area contributed by atoms with Crippen molar-refractivity contribution in [1.82, 2.24) is 0 Å². The molecule has 0 saturated carbocycles. The maximum absolute atomic E-state index is 11.9. The number of methoxy groups -OCH3 is 2. The Morgan fingerprint density at radius 2 is 1.75 bits per heavy atom. The molecular weight excluding hydrogens is 256 g/mol. The van der Waals surface area contributed by atoms with Gasteiger partial charge in [0.05, 0.1) is 19.8 Å². The summed E-state index contributed by atoms with van der Waals surface area (Å²) in [5.74, 6) is 0.932. The van der Waals surface area contributed by atoms with Gasteiger partial charge in [-0.05, 0) is 42.0 Å². The molecule has 2 aromatic rings. The molecule has 0 bridgehead atoms. The lowest BCUT2D eigenvalue weighted by atomic mass is 10.2. The Morgan fingerprint density at radius 1 is 1.05 bits per heavy atom. The zero-order chi connectivity index (χ0) is 14.4. The van der Waals surface area contributed by atoms with Gasteiger partial charge in [0, 0.05) is 0 Å². The summed E-state index contributed by atoms with van der Waals surface area (Å²) in [4.78, 5) is 11.9. The van der Waals surface area contributed by atoms with Crippen molar-refractivity contribution in [2.24, 2.45) is 0 Å². The minimum absolute atomic E-state index is 0.202. The van der Waals surface area contributed by atoms with Crippen molar-refractivity contribution in [3.63, 3.8) is 0 Å². The second-order valence-corrected chi connectivity index (χ2v) is 4.07. The average molecular weight is 271 g/mol. The van der Waals surface area contributed by atoms with Crippen LogP contribution < -0.4 is 9.47 Å². The van der Waals surface area contributed by atoms with Crippen LogP contribution in [0.4, 0.5) is 0 Å². The number of hydrogen-bond acceptors (Lipinski definition) is 4. The molecule has 0 heterocycles. The Kier molecular flexibility index (Phi) is 4.60. The summed E-state index contributed by atoms with van der Waals surface area (Å²) < 4.78 is 15.3. The maximum Gasteiger partial charge on any atom is 0.339 e. The van der Waals surface area contributed by atoms with Gasteiger partial charge in [0.2, 0.25) is 0 Å². The smallest absolute Gasteiger partial charge is 0.339 e. The van der Waals surface area contributed by atoms with Gasteiger partial charge in [0.15, 0.2) is 0 Å². The van der Waals surface area contributed by atoms with E-state index in [0.717, 1.165) is 11.3 Å². The highest BCUT2D eigenvalue weighted by molar-refractivity contribution is 5.89. The molecule has 0 aliphatic rings. The molecule has 1 radical (unpaired) electrons. The molecular formula is C16H15O4. The number of esters is 1. The van der Waals surface area contributed by atoms with E-state index in [1.54, 1.807) is 32.4 Å². The molecule has 0 unspecified atom stereocenters. The van der Waals surface area contributed by atoms with Crippen molar-refractivity contribution in [2.75, 3.05) is 14.2 Å². The topological polar surface area (TPSA) is 44.8 Å². The maximum atomic E-state index is 11.9. The largest absolute Gasteiger partial charge is 0.497 e. The second-order valence-electron chi connectivity index (χ2n) is 4.07. The fourth-order valence-electron chi connectivity index (χ4n) is 1.64. The Balaban J connectivity index is 1.97. The number of ether oxygens (including phenoxy) is 3. The molecule has 0 fully saturated rings. The van der Waals surface area contributed by atoms with Crippen LogP contribution in [0.2, 0.25) is 0 Å². The van der Waals surface area contributed by atoms with E-state index in [0.29, 0.717) is 11.3 Å². The van der Waals surface area contributed by atoms with Crippen molar-refractivity contribution < 1.29 is 19.0 Å². The molecule has 2 aromatic carbocycles. The van der Waals surface area contributed by atoms with Crippen molar-refractivity contribution in [3.8, 4) is 11.5 Å². The summed E-state index contributed by atoms with van der Waals surface area (Å²) in [5, 5.41) is 0. The van der Waals surface area contributed by atoms with Gasteiger partial charge in [-0.3, -0.25) is 0 Å². The monoisotopic (exact) mass is 271 g/mol. The van der Waals surface area contributed by atoms with E-state index < -0.39 is 5.97 Å². The zero-order valence-electron chi connectivity index (χ0n) is 11.4. The van der Waals surface area contributed by atoms with E-state index in [1.807, 2.05) is 24.3 Å². The first-order valence-electron chi connectivity index (χ1n) is 6.08. The van der Waals surface area contributed by atoms with Gasteiger partial charge >= 0.3 is 5.97 Å². The van der Waals surface area contributed by atoms with Crippen molar-refractivity contribution in [1.29, 1.82) is 0 Å². The third-order valence-electron chi connectivity index (χ3n) is 2.76. The zero-order valence-corrected chi connectivity index (χ0v) is 11.4. The molecule has 0 N–H and O–H groups in total. The quantitative estimate of drug-likeness (QED) is 0.784. The summed E-state index contributed by atoms with van der Waals surface area (Å²) >= 11 is 0. The van der Waals surface area contributed by atoms with Crippen LogP contribution >= 0.6 is 0 Å². The molecule has 0 amide bonds. The van der Waals surface area contributed by atoms with Crippen molar-refractivity contribution >= 4 is 5.97 Å². The lowest BCUT2D eigenvalue weighted by Crippen LogP contribution is -2.05. The molecule has 2 rings (SSSR count). The van der Waals surface area contributed by atoms with Crippen LogP contribution in [0, 0.1) is 6.07 Å². The molecule has 0 aliphatic carbocycles. The molecule has 0 aromatic heterocycles. The molecule has 0 aliphatic heterocycles. The van der Waals surface area contributed by atoms with Gasteiger partial charge in [-0.2, -0.15) is 0 Å². The molecule has 4 heteroatoms. The SMILES string of the molecule is COc1ccc(COC(=O)c2[c]ccc(OC)c2)cc1. The fraction of sp³-hybridized carbons (Fsp3) is 0.188. The Morgan fingerprint density at radius 3 is 2.40 bits per heavy atom. The van der Waals surface area contributed by atoms with E-state index in [4.69, 9.17) is 14.2 Å². The van der Waals surface area contributed by atoms with Crippen LogP contribution in [0.3, 0.4) is 0 Å². The highest BCUT2D eigenvalue weighted by Crippen LogP contribution is 2.15. The van der Waals surface area contributed by atoms with Gasteiger partial charge in [0.25, 0.3) is 0 Å². The van der Waals surface area contributed by atoms with Crippen molar-refractivity contribution in [2.45, 2.75) is 6.61 Å². The number of hydrogen-bond donors (Lipinski definition) is 0. The van der Waals surface area contributed by atoms with E-state index in [1.165, 1.54) is 0 Å². The Bertz CT molecular complexity index is 575. The third-order valence-corrected chi connectivity index (χ3v) is 2.76. The highest BCUT2D eigenvalue weighted by atomic mass is 16.5. The first-order chi connectivity index (χ1) is 9.72. The third kappa shape index (κ3) is 3.51. The normalized spacial score (nSPS) is 9.90. The van der Waals surface area contributed by atoms with E-state index in [-0.39, 0.29) is 6.61 Å². The average Bonchev–Trinajstić information content (AvgIpc) is 2.53. The first-order valence-corrected chi connectivity index (χ1v) is 6.08. The summed E-state index contributed by atoms with van der Waals surface area (Å²) in [5.41, 5.74) is 1.24. The van der Waals surface area contributed by atoms with Crippen LogP contribution in [-0.4, -0.2) is 20.2 Å². The molecule has 0 spiro atoms. The van der Waals surface area contributed by atoms with E-state index in [9.17, 15) is 4.79 Å². The fourth-order valence-corrected chi connectivity index (χ4v) is 1.64. The summed E-state index contributed by atoms with van der Waals surface area (Å²) in [6, 6.07) is 15.1. The van der Waals surface area contributed by atoms with Gasteiger partial charge in [-0.25, -0.2) is 4.79 Å². The minimum Gasteiger partial charge on any atom is -0.497 e. The van der Waals surface area contributed by atoms with Crippen LogP contribution in [0.5, 0.6) is 11.5 Å². The van der Waals surface area contributed by atoms with Gasteiger partial charge in [0.1, 0.15) is 18.1 Å². The lowest BCUT2D eigenvalue weighted by molar-refractivity contribution is 0.0472. The summed E-state index contributed by atoms with van der Waals surface area (Å²) in [7, 11) is 3.15. The number of carbonyl (C=O) groups excluding carboxylic acids is 1. The minimum atomic E-state index is -0.431. The number of carbonyl (C=O) groups is 1. The number of rotatable bonds is 5. The molecule has 20 heavy (non-hydrogen) atoms.